The second-order valence-corrected chi connectivity index (χ2v) is 5.46. The first-order valence-electron chi connectivity index (χ1n) is 7.72. The molecule has 0 fully saturated rings. The Hall–Kier alpha value is -3.48. The number of nitrogens with zero attached hydrogens (tertiary/aromatic N) is 6. The van der Waals surface area contributed by atoms with Gasteiger partial charge in [-0.25, -0.2) is 9.97 Å². The van der Waals surface area contributed by atoms with E-state index < -0.39 is 0 Å². The van der Waals surface area contributed by atoms with E-state index in [1.54, 1.807) is 31.0 Å². The van der Waals surface area contributed by atoms with Crippen LogP contribution in [0.2, 0.25) is 0 Å². The van der Waals surface area contributed by atoms with Gasteiger partial charge in [0.25, 0.3) is 0 Å². The average molecular weight is 330 g/mol. The molecule has 7 heteroatoms. The Balaban J connectivity index is 1.97. The van der Waals surface area contributed by atoms with Crippen molar-refractivity contribution in [2.45, 2.75) is 13.8 Å². The van der Waals surface area contributed by atoms with Gasteiger partial charge in [0.2, 0.25) is 0 Å². The van der Waals surface area contributed by atoms with Gasteiger partial charge in [0.1, 0.15) is 11.5 Å². The van der Waals surface area contributed by atoms with Crippen LogP contribution in [-0.4, -0.2) is 30.1 Å². The van der Waals surface area contributed by atoms with Crippen LogP contribution in [0.5, 0.6) is 0 Å². The molecule has 0 saturated carbocycles. The lowest BCUT2D eigenvalue weighted by molar-refractivity contribution is 0.393. The first-order chi connectivity index (χ1) is 12.2. The molecule has 0 bridgehead atoms. The standard InChI is InChI=1S/C18H14N6O/c1-11-16(12(2)25-24-11)17-13(15-10-19-7-8-21-15)9-22-18(23-17)14-5-3-4-6-20-14/h3-10H,1-2H3. The molecule has 25 heavy (non-hydrogen) atoms. The van der Waals surface area contributed by atoms with Crippen LogP contribution in [0.4, 0.5) is 0 Å². The highest BCUT2D eigenvalue weighted by Gasteiger charge is 2.20. The second kappa shape index (κ2) is 6.20. The van der Waals surface area contributed by atoms with Gasteiger partial charge >= 0.3 is 0 Å². The smallest absolute Gasteiger partial charge is 0.178 e. The lowest BCUT2D eigenvalue weighted by atomic mass is 10.0. The minimum Gasteiger partial charge on any atom is -0.361 e. The van der Waals surface area contributed by atoms with E-state index in [0.29, 0.717) is 28.7 Å². The minimum absolute atomic E-state index is 0.531. The molecule has 4 aromatic rings. The van der Waals surface area contributed by atoms with Gasteiger partial charge in [-0.2, -0.15) is 0 Å². The summed E-state index contributed by atoms with van der Waals surface area (Å²) in [6.45, 7) is 3.74. The van der Waals surface area contributed by atoms with Crippen LogP contribution in [0.1, 0.15) is 11.5 Å². The van der Waals surface area contributed by atoms with Crippen molar-refractivity contribution in [3.8, 4) is 34.0 Å². The zero-order valence-corrected chi connectivity index (χ0v) is 13.7. The molecule has 0 spiro atoms. The summed E-state index contributed by atoms with van der Waals surface area (Å²) < 4.78 is 5.32. The van der Waals surface area contributed by atoms with Gasteiger partial charge < -0.3 is 4.52 Å². The number of hydrogen-bond acceptors (Lipinski definition) is 7. The van der Waals surface area contributed by atoms with E-state index in [1.165, 1.54) is 0 Å². The van der Waals surface area contributed by atoms with E-state index in [9.17, 15) is 0 Å². The maximum Gasteiger partial charge on any atom is 0.178 e. The van der Waals surface area contributed by atoms with E-state index in [1.807, 2.05) is 32.0 Å². The van der Waals surface area contributed by atoms with Gasteiger partial charge in [-0.15, -0.1) is 0 Å². The van der Waals surface area contributed by atoms with Crippen LogP contribution in [0.25, 0.3) is 34.0 Å². The van der Waals surface area contributed by atoms with Crippen LogP contribution in [0, 0.1) is 13.8 Å². The normalized spacial score (nSPS) is 10.8. The summed E-state index contributed by atoms with van der Waals surface area (Å²) in [4.78, 5) is 22.0. The van der Waals surface area contributed by atoms with Crippen molar-refractivity contribution in [1.29, 1.82) is 0 Å². The third kappa shape index (κ3) is 2.76. The predicted octanol–water partition coefficient (Wildman–Crippen LogP) is 3.27. The van der Waals surface area contributed by atoms with Crippen molar-refractivity contribution < 1.29 is 4.52 Å². The van der Waals surface area contributed by atoms with E-state index in [2.05, 4.69) is 25.1 Å². The molecule has 0 aliphatic heterocycles. The van der Waals surface area contributed by atoms with Gasteiger partial charge in [-0.1, -0.05) is 11.2 Å². The van der Waals surface area contributed by atoms with Gasteiger partial charge in [0.15, 0.2) is 5.82 Å². The Labute approximate surface area is 143 Å². The fourth-order valence-corrected chi connectivity index (χ4v) is 2.64. The van der Waals surface area contributed by atoms with E-state index in [4.69, 9.17) is 9.51 Å². The SMILES string of the molecule is Cc1noc(C)c1-c1nc(-c2ccccn2)ncc1-c1cnccn1. The summed E-state index contributed by atoms with van der Waals surface area (Å²) in [6.07, 6.45) is 8.40. The van der Waals surface area contributed by atoms with E-state index in [0.717, 1.165) is 16.8 Å². The molecule has 0 unspecified atom stereocenters. The molecule has 122 valence electrons. The Morgan fingerprint density at radius 2 is 1.76 bits per heavy atom. The second-order valence-electron chi connectivity index (χ2n) is 5.46. The molecule has 0 radical (unpaired) electrons. The Kier molecular flexibility index (Phi) is 3.74. The van der Waals surface area contributed by atoms with Gasteiger partial charge in [0.05, 0.1) is 28.8 Å². The van der Waals surface area contributed by atoms with Crippen LogP contribution < -0.4 is 0 Å². The molecular weight excluding hydrogens is 316 g/mol. The minimum atomic E-state index is 0.531. The predicted molar refractivity (Wildman–Crippen MR) is 91.3 cm³/mol. The van der Waals surface area contributed by atoms with Crippen LogP contribution >= 0.6 is 0 Å². The maximum absolute atomic E-state index is 5.32. The monoisotopic (exact) mass is 330 g/mol. The summed E-state index contributed by atoms with van der Waals surface area (Å²) >= 11 is 0. The quantitative estimate of drug-likeness (QED) is 0.569. The Morgan fingerprint density at radius 1 is 0.880 bits per heavy atom. The molecule has 0 aromatic carbocycles. The van der Waals surface area contributed by atoms with Crippen molar-refractivity contribution in [2.24, 2.45) is 0 Å². The lowest BCUT2D eigenvalue weighted by Crippen LogP contribution is -1.99. The average Bonchev–Trinajstić information content (AvgIpc) is 3.01. The van der Waals surface area contributed by atoms with Crippen LogP contribution in [0.15, 0.2) is 53.7 Å². The molecule has 4 rings (SSSR count). The number of rotatable bonds is 3. The zero-order valence-electron chi connectivity index (χ0n) is 13.7. The topological polar surface area (TPSA) is 90.5 Å². The Bertz CT molecular complexity index is 995. The van der Waals surface area contributed by atoms with Crippen molar-refractivity contribution in [3.05, 3.63) is 60.6 Å². The molecule has 7 nitrogen and oxygen atoms in total. The summed E-state index contributed by atoms with van der Waals surface area (Å²) in [5.41, 5.74) is 4.44. The summed E-state index contributed by atoms with van der Waals surface area (Å²) in [5, 5.41) is 4.04. The fourth-order valence-electron chi connectivity index (χ4n) is 2.64. The van der Waals surface area contributed by atoms with Gasteiger partial charge in [-0.05, 0) is 26.0 Å². The zero-order chi connectivity index (χ0) is 17.2. The highest BCUT2D eigenvalue weighted by Crippen LogP contribution is 2.33. The molecule has 0 aliphatic rings. The lowest BCUT2D eigenvalue weighted by Gasteiger charge is -2.09. The Morgan fingerprint density at radius 3 is 2.44 bits per heavy atom. The summed E-state index contributed by atoms with van der Waals surface area (Å²) in [7, 11) is 0. The molecule has 0 aliphatic carbocycles. The van der Waals surface area contributed by atoms with Crippen LogP contribution in [0.3, 0.4) is 0 Å². The highest BCUT2D eigenvalue weighted by atomic mass is 16.5. The van der Waals surface area contributed by atoms with Gasteiger partial charge in [0, 0.05) is 30.4 Å². The van der Waals surface area contributed by atoms with E-state index in [-0.39, 0.29) is 0 Å². The summed E-state index contributed by atoms with van der Waals surface area (Å²) in [5.74, 6) is 1.22. The number of aryl methyl sites for hydroxylation is 2. The van der Waals surface area contributed by atoms with Crippen molar-refractivity contribution in [2.75, 3.05) is 0 Å². The van der Waals surface area contributed by atoms with Crippen molar-refractivity contribution >= 4 is 0 Å². The largest absolute Gasteiger partial charge is 0.361 e. The molecular formula is C18H14N6O. The molecule has 4 aromatic heterocycles. The van der Waals surface area contributed by atoms with Gasteiger partial charge in [-0.3, -0.25) is 15.0 Å². The van der Waals surface area contributed by atoms with Crippen molar-refractivity contribution in [3.63, 3.8) is 0 Å². The number of aromatic nitrogens is 6. The third-order valence-corrected chi connectivity index (χ3v) is 3.79. The number of hydrogen-bond donors (Lipinski definition) is 0. The molecule has 0 atom stereocenters. The third-order valence-electron chi connectivity index (χ3n) is 3.79. The highest BCUT2D eigenvalue weighted by molar-refractivity contribution is 5.81. The molecule has 0 N–H and O–H groups in total. The summed E-state index contributed by atoms with van der Waals surface area (Å²) in [6, 6.07) is 5.62. The maximum atomic E-state index is 5.32. The first kappa shape index (κ1) is 15.1. The molecule has 0 amide bonds. The number of pyridine rings is 1. The fraction of sp³-hybridized carbons (Fsp3) is 0.111. The first-order valence-corrected chi connectivity index (χ1v) is 7.72. The molecule has 0 saturated heterocycles. The molecule has 4 heterocycles. The van der Waals surface area contributed by atoms with E-state index >= 15 is 0 Å². The van der Waals surface area contributed by atoms with Crippen LogP contribution in [-0.2, 0) is 0 Å². The van der Waals surface area contributed by atoms with Crippen molar-refractivity contribution in [1.82, 2.24) is 30.1 Å².